The van der Waals surface area contributed by atoms with Crippen LogP contribution in [0.5, 0.6) is 5.75 Å². The number of halogens is 2. The first-order valence-electron chi connectivity index (χ1n) is 10.3. The zero-order chi connectivity index (χ0) is 21.1. The van der Waals surface area contributed by atoms with Gasteiger partial charge < -0.3 is 14.5 Å². The lowest BCUT2D eigenvalue weighted by Crippen LogP contribution is -2.50. The number of benzene rings is 2. The fourth-order valence-corrected chi connectivity index (χ4v) is 4.25. The molecular weight excluding hydrogens is 407 g/mol. The number of piperazine rings is 1. The quantitative estimate of drug-likeness (QED) is 0.722. The Balaban J connectivity index is 1.33. The first-order chi connectivity index (χ1) is 14.5. The molecule has 2 amide bonds. The highest BCUT2D eigenvalue weighted by Crippen LogP contribution is 2.25. The van der Waals surface area contributed by atoms with Gasteiger partial charge in [-0.05, 0) is 68.1 Å². The van der Waals surface area contributed by atoms with Gasteiger partial charge in [-0.3, -0.25) is 9.59 Å². The average molecular weight is 431 g/mol. The van der Waals surface area contributed by atoms with Crippen molar-refractivity contribution in [2.24, 2.45) is 0 Å². The van der Waals surface area contributed by atoms with E-state index in [4.69, 9.17) is 16.3 Å². The Hall–Kier alpha value is -2.60. The van der Waals surface area contributed by atoms with E-state index >= 15 is 0 Å². The molecule has 30 heavy (non-hydrogen) atoms. The van der Waals surface area contributed by atoms with Gasteiger partial charge in [-0.2, -0.15) is 0 Å². The van der Waals surface area contributed by atoms with E-state index in [1.54, 1.807) is 21.9 Å². The highest BCUT2D eigenvalue weighted by Gasteiger charge is 2.26. The van der Waals surface area contributed by atoms with Crippen LogP contribution in [0.15, 0.2) is 42.5 Å². The molecule has 0 radical (unpaired) electrons. The molecule has 0 bridgehead atoms. The molecule has 5 nitrogen and oxygen atoms in total. The van der Waals surface area contributed by atoms with Crippen LogP contribution in [0.4, 0.5) is 4.39 Å². The van der Waals surface area contributed by atoms with Crippen LogP contribution in [-0.2, 0) is 0 Å². The lowest BCUT2D eigenvalue weighted by atomic mass is 10.1. The van der Waals surface area contributed by atoms with Crippen molar-refractivity contribution in [2.75, 3.05) is 26.2 Å². The van der Waals surface area contributed by atoms with Crippen LogP contribution in [0.25, 0.3) is 0 Å². The number of nitrogens with zero attached hydrogens (tertiary/aromatic N) is 2. The summed E-state index contributed by atoms with van der Waals surface area (Å²) in [5, 5.41) is 0.0958. The molecule has 7 heteroatoms. The third-order valence-corrected chi connectivity index (χ3v) is 6.03. The summed E-state index contributed by atoms with van der Waals surface area (Å²) in [7, 11) is 0. The van der Waals surface area contributed by atoms with Crippen molar-refractivity contribution in [3.63, 3.8) is 0 Å². The molecular formula is C23H24ClFN2O3. The van der Waals surface area contributed by atoms with Crippen LogP contribution in [0.1, 0.15) is 46.4 Å². The van der Waals surface area contributed by atoms with Crippen LogP contribution in [0.3, 0.4) is 0 Å². The number of hydrogen-bond acceptors (Lipinski definition) is 3. The zero-order valence-corrected chi connectivity index (χ0v) is 17.4. The van der Waals surface area contributed by atoms with E-state index in [0.717, 1.165) is 24.7 Å². The van der Waals surface area contributed by atoms with Crippen LogP contribution in [-0.4, -0.2) is 53.9 Å². The van der Waals surface area contributed by atoms with E-state index in [2.05, 4.69) is 0 Å². The van der Waals surface area contributed by atoms with E-state index in [-0.39, 0.29) is 28.5 Å². The van der Waals surface area contributed by atoms with Crippen molar-refractivity contribution in [3.05, 3.63) is 64.4 Å². The summed E-state index contributed by atoms with van der Waals surface area (Å²) < 4.78 is 19.2. The molecule has 0 N–H and O–H groups in total. The Bertz CT molecular complexity index is 921. The second-order valence-corrected chi connectivity index (χ2v) is 8.16. The lowest BCUT2D eigenvalue weighted by molar-refractivity contribution is 0.0535. The molecule has 2 aromatic rings. The fourth-order valence-electron chi connectivity index (χ4n) is 4.00. The normalized spacial score (nSPS) is 17.3. The van der Waals surface area contributed by atoms with Crippen molar-refractivity contribution < 1.29 is 18.7 Å². The smallest absolute Gasteiger partial charge is 0.255 e. The molecule has 1 heterocycles. The molecule has 1 saturated heterocycles. The van der Waals surface area contributed by atoms with E-state index in [1.165, 1.54) is 25.0 Å². The van der Waals surface area contributed by atoms with E-state index in [0.29, 0.717) is 31.7 Å². The van der Waals surface area contributed by atoms with Gasteiger partial charge in [0.15, 0.2) is 0 Å². The molecule has 2 aromatic carbocycles. The molecule has 4 rings (SSSR count). The summed E-state index contributed by atoms with van der Waals surface area (Å²) >= 11 is 6.01. The average Bonchev–Trinajstić information content (AvgIpc) is 3.26. The summed E-state index contributed by atoms with van der Waals surface area (Å²) in [5.41, 5.74) is 0.880. The molecule has 0 spiro atoms. The summed E-state index contributed by atoms with van der Waals surface area (Å²) in [6.07, 6.45) is 4.89. The Morgan fingerprint density at radius 2 is 1.50 bits per heavy atom. The van der Waals surface area contributed by atoms with Crippen molar-refractivity contribution in [1.29, 1.82) is 0 Å². The lowest BCUT2D eigenvalue weighted by Gasteiger charge is -2.35. The topological polar surface area (TPSA) is 49.9 Å². The van der Waals surface area contributed by atoms with E-state index < -0.39 is 5.82 Å². The number of ether oxygens (including phenoxy) is 1. The predicted molar refractivity (Wildman–Crippen MR) is 113 cm³/mol. The second-order valence-electron chi connectivity index (χ2n) is 7.76. The number of amides is 2. The molecule has 2 fully saturated rings. The molecule has 2 aliphatic rings. The minimum Gasteiger partial charge on any atom is -0.490 e. The predicted octanol–water partition coefficient (Wildman–Crippen LogP) is 4.40. The number of hydrogen-bond donors (Lipinski definition) is 0. The second kappa shape index (κ2) is 9.04. The van der Waals surface area contributed by atoms with Gasteiger partial charge in [0, 0.05) is 31.7 Å². The monoisotopic (exact) mass is 430 g/mol. The molecule has 0 aromatic heterocycles. The Morgan fingerprint density at radius 1 is 0.900 bits per heavy atom. The van der Waals surface area contributed by atoms with E-state index in [1.807, 2.05) is 12.1 Å². The number of rotatable bonds is 4. The van der Waals surface area contributed by atoms with Crippen LogP contribution in [0, 0.1) is 5.82 Å². The van der Waals surface area contributed by atoms with Gasteiger partial charge in [-0.15, -0.1) is 0 Å². The van der Waals surface area contributed by atoms with Gasteiger partial charge in [0.05, 0.1) is 16.7 Å². The van der Waals surface area contributed by atoms with Crippen molar-refractivity contribution in [2.45, 2.75) is 31.8 Å². The summed E-state index contributed by atoms with van der Waals surface area (Å²) in [6.45, 7) is 1.68. The molecule has 0 atom stereocenters. The highest BCUT2D eigenvalue weighted by molar-refractivity contribution is 6.33. The SMILES string of the molecule is O=C(c1ccc(OC2CCCC2)cc1)N1CCN(C(=O)c2ccc(F)cc2Cl)CC1. The maximum atomic E-state index is 13.2. The summed E-state index contributed by atoms with van der Waals surface area (Å²) in [5.74, 6) is 0.00603. The molecule has 1 aliphatic heterocycles. The third-order valence-electron chi connectivity index (χ3n) is 5.72. The maximum absolute atomic E-state index is 13.2. The Kier molecular flexibility index (Phi) is 6.23. The van der Waals surface area contributed by atoms with Crippen LogP contribution in [0.2, 0.25) is 5.02 Å². The van der Waals surface area contributed by atoms with Gasteiger partial charge in [0.1, 0.15) is 11.6 Å². The van der Waals surface area contributed by atoms with Crippen LogP contribution >= 0.6 is 11.6 Å². The Morgan fingerprint density at radius 3 is 2.10 bits per heavy atom. The van der Waals surface area contributed by atoms with Crippen molar-refractivity contribution >= 4 is 23.4 Å². The highest BCUT2D eigenvalue weighted by atomic mass is 35.5. The van der Waals surface area contributed by atoms with Crippen LogP contribution < -0.4 is 4.74 Å². The summed E-state index contributed by atoms with van der Waals surface area (Å²) in [6, 6.07) is 11.0. The van der Waals surface area contributed by atoms with Gasteiger partial charge in [-0.25, -0.2) is 4.39 Å². The van der Waals surface area contributed by atoms with Crippen molar-refractivity contribution in [1.82, 2.24) is 9.80 Å². The molecule has 0 unspecified atom stereocenters. The van der Waals surface area contributed by atoms with Gasteiger partial charge >= 0.3 is 0 Å². The van der Waals surface area contributed by atoms with Crippen molar-refractivity contribution in [3.8, 4) is 5.75 Å². The fraction of sp³-hybridized carbons (Fsp3) is 0.391. The maximum Gasteiger partial charge on any atom is 0.255 e. The molecule has 1 saturated carbocycles. The minimum absolute atomic E-state index is 0.0608. The minimum atomic E-state index is -0.480. The first kappa shape index (κ1) is 20.7. The first-order valence-corrected chi connectivity index (χ1v) is 10.7. The Labute approximate surface area is 180 Å². The van der Waals surface area contributed by atoms with Gasteiger partial charge in [-0.1, -0.05) is 11.6 Å². The summed E-state index contributed by atoms with van der Waals surface area (Å²) in [4.78, 5) is 28.9. The van der Waals surface area contributed by atoms with E-state index in [9.17, 15) is 14.0 Å². The number of carbonyl (C=O) groups is 2. The number of carbonyl (C=O) groups excluding carboxylic acids is 2. The molecule has 158 valence electrons. The van der Waals surface area contributed by atoms with Gasteiger partial charge in [0.25, 0.3) is 11.8 Å². The zero-order valence-electron chi connectivity index (χ0n) is 16.7. The standard InChI is InChI=1S/C23H24ClFN2O3/c24-21-15-17(25)7-10-20(21)23(29)27-13-11-26(12-14-27)22(28)16-5-8-19(9-6-16)30-18-3-1-2-4-18/h5-10,15,18H,1-4,11-14H2. The van der Waals surface area contributed by atoms with Gasteiger partial charge in [0.2, 0.25) is 0 Å². The molecule has 1 aliphatic carbocycles. The third kappa shape index (κ3) is 4.59. The largest absolute Gasteiger partial charge is 0.490 e.